The smallest absolute Gasteiger partial charge is 0.221 e. The Morgan fingerprint density at radius 2 is 2.06 bits per heavy atom. The molecule has 2 aliphatic rings. The van der Waals surface area contributed by atoms with Crippen LogP contribution in [0.15, 0.2) is 0 Å². The monoisotopic (exact) mass is 275 g/mol. The van der Waals surface area contributed by atoms with Gasteiger partial charge in [-0.05, 0) is 39.8 Å². The molecule has 2 heterocycles. The predicted molar refractivity (Wildman–Crippen MR) is 72.8 cm³/mol. The Hall–Kier alpha value is -0.170. The first kappa shape index (κ1) is 14.2. The molecule has 1 N–H and O–H groups in total. The summed E-state index contributed by atoms with van der Waals surface area (Å²) in [5.41, 5.74) is 0. The molecule has 0 saturated carbocycles. The zero-order valence-electron chi connectivity index (χ0n) is 11.6. The van der Waals surface area contributed by atoms with Crippen LogP contribution in [0.2, 0.25) is 0 Å². The summed E-state index contributed by atoms with van der Waals surface area (Å²) in [5.74, 6) is 0. The summed E-state index contributed by atoms with van der Waals surface area (Å²) >= 11 is 0. The normalized spacial score (nSPS) is 33.4. The van der Waals surface area contributed by atoms with Gasteiger partial charge in [-0.15, -0.1) is 0 Å². The molecule has 2 fully saturated rings. The van der Waals surface area contributed by atoms with Crippen LogP contribution < -0.4 is 5.32 Å². The lowest BCUT2D eigenvalue weighted by molar-refractivity contribution is 0.150. The number of nitrogens with zero attached hydrogens (tertiary/aromatic N) is 2. The number of hydrogen-bond donors (Lipinski definition) is 1. The van der Waals surface area contributed by atoms with Crippen molar-refractivity contribution in [2.45, 2.75) is 44.5 Å². The first-order chi connectivity index (χ1) is 8.40. The molecule has 0 bridgehead atoms. The van der Waals surface area contributed by atoms with Gasteiger partial charge < -0.3 is 5.32 Å². The fourth-order valence-corrected chi connectivity index (χ4v) is 4.73. The molecule has 5 nitrogen and oxygen atoms in total. The molecule has 1 unspecified atom stereocenters. The van der Waals surface area contributed by atoms with E-state index in [0.717, 1.165) is 32.5 Å². The van der Waals surface area contributed by atoms with E-state index in [1.807, 2.05) is 13.8 Å². The summed E-state index contributed by atoms with van der Waals surface area (Å²) in [6.45, 7) is 9.55. The number of sulfonamides is 1. The Labute approximate surface area is 111 Å². The SMILES string of the molecule is CCN1CCCC1N1CCNCC(C)(C)S1(=O)=O. The van der Waals surface area contributed by atoms with Crippen LogP contribution in [0.1, 0.15) is 33.6 Å². The van der Waals surface area contributed by atoms with Crippen LogP contribution in [-0.2, 0) is 10.0 Å². The maximum Gasteiger partial charge on any atom is 0.221 e. The van der Waals surface area contributed by atoms with Gasteiger partial charge in [-0.3, -0.25) is 4.90 Å². The van der Waals surface area contributed by atoms with E-state index in [4.69, 9.17) is 0 Å². The van der Waals surface area contributed by atoms with Crippen LogP contribution in [0.5, 0.6) is 0 Å². The minimum absolute atomic E-state index is 0.0687. The molecule has 0 amide bonds. The largest absolute Gasteiger partial charge is 0.314 e. The van der Waals surface area contributed by atoms with Gasteiger partial charge in [0.2, 0.25) is 10.0 Å². The summed E-state index contributed by atoms with van der Waals surface area (Å²) in [7, 11) is -3.24. The minimum Gasteiger partial charge on any atom is -0.314 e. The number of nitrogens with one attached hydrogen (secondary N) is 1. The average molecular weight is 275 g/mol. The molecule has 0 aromatic rings. The molecule has 0 spiro atoms. The van der Waals surface area contributed by atoms with Crippen molar-refractivity contribution in [1.82, 2.24) is 14.5 Å². The van der Waals surface area contributed by atoms with Gasteiger partial charge in [0, 0.05) is 19.6 Å². The lowest BCUT2D eigenvalue weighted by atomic mass is 10.2. The third-order valence-electron chi connectivity index (χ3n) is 4.13. The van der Waals surface area contributed by atoms with Gasteiger partial charge in [-0.25, -0.2) is 8.42 Å². The molecule has 1 atom stereocenters. The van der Waals surface area contributed by atoms with Gasteiger partial charge in [-0.1, -0.05) is 6.92 Å². The lowest BCUT2D eigenvalue weighted by Gasteiger charge is -2.36. The maximum atomic E-state index is 12.8. The second kappa shape index (κ2) is 5.07. The van der Waals surface area contributed by atoms with Crippen LogP contribution in [0, 0.1) is 0 Å². The summed E-state index contributed by atoms with van der Waals surface area (Å²) in [5, 5.41) is 3.24. The van der Waals surface area contributed by atoms with Gasteiger partial charge in [-0.2, -0.15) is 4.31 Å². The van der Waals surface area contributed by atoms with E-state index in [1.165, 1.54) is 0 Å². The third kappa shape index (κ3) is 2.31. The van der Waals surface area contributed by atoms with Gasteiger partial charge in [0.25, 0.3) is 0 Å². The predicted octanol–water partition coefficient (Wildman–Crippen LogP) is 0.442. The highest BCUT2D eigenvalue weighted by atomic mass is 32.2. The zero-order valence-corrected chi connectivity index (χ0v) is 12.5. The first-order valence-corrected chi connectivity index (χ1v) is 8.30. The van der Waals surface area contributed by atoms with Crippen molar-refractivity contribution >= 4 is 10.0 Å². The van der Waals surface area contributed by atoms with Crippen molar-refractivity contribution in [1.29, 1.82) is 0 Å². The molecule has 2 saturated heterocycles. The zero-order chi connectivity index (χ0) is 13.4. The van der Waals surface area contributed by atoms with Crippen molar-refractivity contribution in [2.24, 2.45) is 0 Å². The summed E-state index contributed by atoms with van der Waals surface area (Å²) in [6.07, 6.45) is 2.13. The Morgan fingerprint density at radius 1 is 1.33 bits per heavy atom. The molecule has 0 aliphatic carbocycles. The lowest BCUT2D eigenvalue weighted by Crippen LogP contribution is -2.53. The van der Waals surface area contributed by atoms with Gasteiger partial charge in [0.05, 0.1) is 10.9 Å². The van der Waals surface area contributed by atoms with E-state index in [0.29, 0.717) is 13.1 Å². The number of likely N-dealkylation sites (tertiary alicyclic amines) is 1. The van der Waals surface area contributed by atoms with Crippen LogP contribution in [-0.4, -0.2) is 61.3 Å². The second-order valence-electron chi connectivity index (χ2n) is 5.80. The molecule has 0 aromatic carbocycles. The van der Waals surface area contributed by atoms with E-state index < -0.39 is 14.8 Å². The van der Waals surface area contributed by atoms with Crippen molar-refractivity contribution in [3.8, 4) is 0 Å². The van der Waals surface area contributed by atoms with Crippen LogP contribution in [0.25, 0.3) is 0 Å². The Balaban J connectivity index is 2.30. The molecular formula is C12H25N3O2S. The molecule has 18 heavy (non-hydrogen) atoms. The summed E-state index contributed by atoms with van der Waals surface area (Å²) in [4.78, 5) is 2.28. The standard InChI is InChI=1S/C12H25N3O2S/c1-4-14-8-5-6-11(14)15-9-7-13-10-12(2,3)18(15,16)17/h11,13H,4-10H2,1-3H3. The fourth-order valence-electron chi connectivity index (χ4n) is 2.92. The minimum atomic E-state index is -3.24. The van der Waals surface area contributed by atoms with E-state index >= 15 is 0 Å². The van der Waals surface area contributed by atoms with Crippen LogP contribution in [0.3, 0.4) is 0 Å². The van der Waals surface area contributed by atoms with Crippen molar-refractivity contribution < 1.29 is 8.42 Å². The van der Waals surface area contributed by atoms with Crippen molar-refractivity contribution in [3.63, 3.8) is 0 Å². The van der Waals surface area contributed by atoms with E-state index in [-0.39, 0.29) is 6.17 Å². The van der Waals surface area contributed by atoms with Crippen LogP contribution >= 0.6 is 0 Å². The van der Waals surface area contributed by atoms with Gasteiger partial charge >= 0.3 is 0 Å². The molecule has 6 heteroatoms. The Kier molecular flexibility index (Phi) is 4.02. The quantitative estimate of drug-likeness (QED) is 0.794. The molecule has 0 radical (unpaired) electrons. The summed E-state index contributed by atoms with van der Waals surface area (Å²) in [6, 6.07) is 0. The first-order valence-electron chi connectivity index (χ1n) is 6.86. The summed E-state index contributed by atoms with van der Waals surface area (Å²) < 4.78 is 26.5. The molecule has 106 valence electrons. The molecule has 2 aliphatic heterocycles. The van der Waals surface area contributed by atoms with E-state index in [2.05, 4.69) is 17.1 Å². The van der Waals surface area contributed by atoms with E-state index in [1.54, 1.807) is 4.31 Å². The fraction of sp³-hybridized carbons (Fsp3) is 1.00. The van der Waals surface area contributed by atoms with Crippen molar-refractivity contribution in [2.75, 3.05) is 32.7 Å². The van der Waals surface area contributed by atoms with Crippen molar-refractivity contribution in [3.05, 3.63) is 0 Å². The highest BCUT2D eigenvalue weighted by Gasteiger charge is 2.45. The topological polar surface area (TPSA) is 52.6 Å². The molecular weight excluding hydrogens is 250 g/mol. The highest BCUT2D eigenvalue weighted by molar-refractivity contribution is 7.90. The van der Waals surface area contributed by atoms with E-state index in [9.17, 15) is 8.42 Å². The number of hydrogen-bond acceptors (Lipinski definition) is 4. The Morgan fingerprint density at radius 3 is 2.72 bits per heavy atom. The highest BCUT2D eigenvalue weighted by Crippen LogP contribution is 2.29. The number of rotatable bonds is 2. The Bertz CT molecular complexity index is 394. The maximum absolute atomic E-state index is 12.8. The van der Waals surface area contributed by atoms with Gasteiger partial charge in [0.1, 0.15) is 0 Å². The molecule has 2 rings (SSSR count). The van der Waals surface area contributed by atoms with Gasteiger partial charge in [0.15, 0.2) is 0 Å². The average Bonchev–Trinajstić information content (AvgIpc) is 2.72. The third-order valence-corrected chi connectivity index (χ3v) is 6.72. The second-order valence-corrected chi connectivity index (χ2v) is 8.33. The van der Waals surface area contributed by atoms with Crippen LogP contribution in [0.4, 0.5) is 0 Å². The molecule has 0 aromatic heterocycles.